The van der Waals surface area contributed by atoms with Crippen LogP contribution >= 0.6 is 0 Å². The smallest absolute Gasteiger partial charge is 0.139 e. The van der Waals surface area contributed by atoms with E-state index in [9.17, 15) is 4.79 Å². The number of ether oxygens (including phenoxy) is 1. The predicted molar refractivity (Wildman–Crippen MR) is 58.4 cm³/mol. The fourth-order valence-electron chi connectivity index (χ4n) is 2.98. The van der Waals surface area contributed by atoms with Crippen molar-refractivity contribution in [3.63, 3.8) is 0 Å². The SMILES string of the molecule is NC[C@@H]1CCC[C@@H]1C(=O)C1CCOCC1. The highest BCUT2D eigenvalue weighted by Gasteiger charge is 2.35. The number of carbonyl (C=O) groups excluding carboxylic acids is 1. The third kappa shape index (κ3) is 2.40. The van der Waals surface area contributed by atoms with Crippen molar-refractivity contribution in [2.24, 2.45) is 23.5 Å². The van der Waals surface area contributed by atoms with Crippen molar-refractivity contribution in [2.45, 2.75) is 32.1 Å². The molecule has 3 nitrogen and oxygen atoms in total. The Balaban J connectivity index is 1.93. The second-order valence-electron chi connectivity index (χ2n) is 4.82. The molecule has 1 saturated heterocycles. The largest absolute Gasteiger partial charge is 0.381 e. The minimum absolute atomic E-state index is 0.260. The lowest BCUT2D eigenvalue weighted by Gasteiger charge is -2.26. The number of nitrogens with two attached hydrogens (primary N) is 1. The van der Waals surface area contributed by atoms with Gasteiger partial charge >= 0.3 is 0 Å². The van der Waals surface area contributed by atoms with Crippen LogP contribution in [0.15, 0.2) is 0 Å². The fourth-order valence-corrected chi connectivity index (χ4v) is 2.98. The van der Waals surface area contributed by atoms with E-state index in [1.165, 1.54) is 6.42 Å². The van der Waals surface area contributed by atoms with Gasteiger partial charge in [-0.3, -0.25) is 4.79 Å². The van der Waals surface area contributed by atoms with Gasteiger partial charge in [0.05, 0.1) is 0 Å². The van der Waals surface area contributed by atoms with E-state index >= 15 is 0 Å². The Kier molecular flexibility index (Phi) is 3.76. The molecular formula is C12H21NO2. The summed E-state index contributed by atoms with van der Waals surface area (Å²) in [6.45, 7) is 2.20. The maximum atomic E-state index is 12.3. The van der Waals surface area contributed by atoms with E-state index in [1.807, 2.05) is 0 Å². The van der Waals surface area contributed by atoms with Crippen LogP contribution < -0.4 is 5.73 Å². The average molecular weight is 211 g/mol. The molecule has 1 aliphatic heterocycles. The van der Waals surface area contributed by atoms with Crippen LogP contribution in [0.25, 0.3) is 0 Å². The van der Waals surface area contributed by atoms with Crippen LogP contribution in [0.2, 0.25) is 0 Å². The molecule has 1 saturated carbocycles. The second kappa shape index (κ2) is 5.08. The van der Waals surface area contributed by atoms with Crippen molar-refractivity contribution in [1.29, 1.82) is 0 Å². The van der Waals surface area contributed by atoms with E-state index in [-0.39, 0.29) is 11.8 Å². The van der Waals surface area contributed by atoms with Gasteiger partial charge in [-0.15, -0.1) is 0 Å². The summed E-state index contributed by atoms with van der Waals surface area (Å²) in [4.78, 5) is 12.3. The quantitative estimate of drug-likeness (QED) is 0.766. The van der Waals surface area contributed by atoms with Gasteiger partial charge in [-0.2, -0.15) is 0 Å². The number of hydrogen-bond donors (Lipinski definition) is 1. The van der Waals surface area contributed by atoms with E-state index in [0.29, 0.717) is 18.2 Å². The number of ketones is 1. The zero-order valence-corrected chi connectivity index (χ0v) is 9.28. The summed E-state index contributed by atoms with van der Waals surface area (Å²) in [5.41, 5.74) is 5.71. The molecule has 0 unspecified atom stereocenters. The molecule has 1 aliphatic carbocycles. The van der Waals surface area contributed by atoms with E-state index in [4.69, 9.17) is 10.5 Å². The Bertz CT molecular complexity index is 224. The van der Waals surface area contributed by atoms with Crippen molar-refractivity contribution in [3.05, 3.63) is 0 Å². The molecule has 2 N–H and O–H groups in total. The van der Waals surface area contributed by atoms with Crippen LogP contribution in [-0.4, -0.2) is 25.5 Å². The van der Waals surface area contributed by atoms with E-state index in [0.717, 1.165) is 38.9 Å². The second-order valence-corrected chi connectivity index (χ2v) is 4.82. The van der Waals surface area contributed by atoms with Gasteiger partial charge in [-0.1, -0.05) is 6.42 Å². The zero-order valence-electron chi connectivity index (χ0n) is 9.28. The number of Topliss-reactive ketones (excluding diaryl/α,β-unsaturated/α-hetero) is 1. The monoisotopic (exact) mass is 211 g/mol. The molecule has 2 fully saturated rings. The van der Waals surface area contributed by atoms with Gasteiger partial charge in [0, 0.05) is 25.0 Å². The minimum Gasteiger partial charge on any atom is -0.381 e. The topological polar surface area (TPSA) is 52.3 Å². The van der Waals surface area contributed by atoms with Gasteiger partial charge in [0.2, 0.25) is 0 Å². The van der Waals surface area contributed by atoms with Gasteiger partial charge in [-0.05, 0) is 38.1 Å². The van der Waals surface area contributed by atoms with Gasteiger partial charge in [0.15, 0.2) is 0 Å². The average Bonchev–Trinajstić information content (AvgIpc) is 2.77. The highest BCUT2D eigenvalue weighted by atomic mass is 16.5. The van der Waals surface area contributed by atoms with Crippen molar-refractivity contribution < 1.29 is 9.53 Å². The molecule has 0 aromatic heterocycles. The molecule has 15 heavy (non-hydrogen) atoms. The highest BCUT2D eigenvalue weighted by molar-refractivity contribution is 5.84. The Morgan fingerprint density at radius 1 is 1.20 bits per heavy atom. The third-order valence-corrected chi connectivity index (χ3v) is 3.95. The summed E-state index contributed by atoms with van der Waals surface area (Å²) in [6, 6.07) is 0. The maximum Gasteiger partial charge on any atom is 0.139 e. The van der Waals surface area contributed by atoms with Crippen molar-refractivity contribution >= 4 is 5.78 Å². The van der Waals surface area contributed by atoms with Crippen LogP contribution in [0.1, 0.15) is 32.1 Å². The maximum absolute atomic E-state index is 12.3. The molecule has 1 heterocycles. The van der Waals surface area contributed by atoms with Gasteiger partial charge in [0.1, 0.15) is 5.78 Å². The van der Waals surface area contributed by atoms with Gasteiger partial charge < -0.3 is 10.5 Å². The molecule has 0 bridgehead atoms. The lowest BCUT2D eigenvalue weighted by Crippen LogP contribution is -2.33. The first-order valence-electron chi connectivity index (χ1n) is 6.14. The first kappa shape index (κ1) is 11.1. The lowest BCUT2D eigenvalue weighted by atomic mass is 9.82. The molecule has 0 radical (unpaired) electrons. The molecule has 2 aliphatic rings. The summed E-state index contributed by atoms with van der Waals surface area (Å²) < 4.78 is 5.29. The number of rotatable bonds is 3. The standard InChI is InChI=1S/C12H21NO2/c13-8-10-2-1-3-11(10)12(14)9-4-6-15-7-5-9/h9-11H,1-8,13H2/t10-,11-/m0/s1. The molecule has 86 valence electrons. The minimum atomic E-state index is 0.260. The van der Waals surface area contributed by atoms with Crippen molar-refractivity contribution in [2.75, 3.05) is 19.8 Å². The van der Waals surface area contributed by atoms with E-state index in [1.54, 1.807) is 0 Å². The summed E-state index contributed by atoms with van der Waals surface area (Å²) >= 11 is 0. The number of hydrogen-bond acceptors (Lipinski definition) is 3. The normalized spacial score (nSPS) is 33.1. The van der Waals surface area contributed by atoms with Crippen LogP contribution in [-0.2, 0) is 9.53 Å². The fraction of sp³-hybridized carbons (Fsp3) is 0.917. The summed E-state index contributed by atoms with van der Waals surface area (Å²) in [5, 5.41) is 0. The predicted octanol–water partition coefficient (Wildman–Crippen LogP) is 1.36. The first-order chi connectivity index (χ1) is 7.33. The summed E-state index contributed by atoms with van der Waals surface area (Å²) in [7, 11) is 0. The Hall–Kier alpha value is -0.410. The molecule has 0 aromatic carbocycles. The third-order valence-electron chi connectivity index (χ3n) is 3.95. The van der Waals surface area contributed by atoms with Crippen LogP contribution in [0, 0.1) is 17.8 Å². The van der Waals surface area contributed by atoms with E-state index < -0.39 is 0 Å². The Labute approximate surface area is 91.4 Å². The zero-order chi connectivity index (χ0) is 10.7. The van der Waals surface area contributed by atoms with Gasteiger partial charge in [-0.25, -0.2) is 0 Å². The van der Waals surface area contributed by atoms with Crippen molar-refractivity contribution in [3.8, 4) is 0 Å². The lowest BCUT2D eigenvalue weighted by molar-refractivity contribution is -0.130. The Morgan fingerprint density at radius 2 is 1.93 bits per heavy atom. The van der Waals surface area contributed by atoms with Crippen LogP contribution in [0.4, 0.5) is 0 Å². The molecule has 3 heteroatoms. The molecular weight excluding hydrogens is 190 g/mol. The molecule has 0 aromatic rings. The first-order valence-corrected chi connectivity index (χ1v) is 6.14. The molecule has 0 spiro atoms. The highest BCUT2D eigenvalue weighted by Crippen LogP contribution is 2.35. The van der Waals surface area contributed by atoms with Crippen LogP contribution in [0.3, 0.4) is 0 Å². The molecule has 0 amide bonds. The van der Waals surface area contributed by atoms with Crippen LogP contribution in [0.5, 0.6) is 0 Å². The summed E-state index contributed by atoms with van der Waals surface area (Å²) in [5.74, 6) is 1.46. The molecule has 2 atom stereocenters. The van der Waals surface area contributed by atoms with Gasteiger partial charge in [0.25, 0.3) is 0 Å². The molecule has 2 rings (SSSR count). The Morgan fingerprint density at radius 3 is 2.60 bits per heavy atom. The number of carbonyl (C=O) groups is 1. The van der Waals surface area contributed by atoms with E-state index in [2.05, 4.69) is 0 Å². The summed E-state index contributed by atoms with van der Waals surface area (Å²) in [6.07, 6.45) is 5.24. The van der Waals surface area contributed by atoms with Crippen molar-refractivity contribution in [1.82, 2.24) is 0 Å².